The van der Waals surface area contributed by atoms with Crippen LogP contribution in [0.3, 0.4) is 0 Å². The molecule has 25 heavy (non-hydrogen) atoms. The molecular weight excluding hydrogens is 316 g/mol. The number of carbonyl (C=O) groups is 2. The van der Waals surface area contributed by atoms with Gasteiger partial charge in [-0.15, -0.1) is 0 Å². The maximum Gasteiger partial charge on any atom is 0.253 e. The summed E-state index contributed by atoms with van der Waals surface area (Å²) in [5.74, 6) is -0.300. The lowest BCUT2D eigenvalue weighted by Crippen LogP contribution is -2.29. The Hall–Kier alpha value is -2.73. The number of nitrogens with one attached hydrogen (secondary N) is 3. The first-order valence-corrected chi connectivity index (χ1v) is 8.52. The molecule has 0 saturated carbocycles. The maximum absolute atomic E-state index is 12.5. The van der Waals surface area contributed by atoms with Crippen LogP contribution in [-0.4, -0.2) is 29.4 Å². The summed E-state index contributed by atoms with van der Waals surface area (Å²) in [5.41, 5.74) is 1.91. The summed E-state index contributed by atoms with van der Waals surface area (Å²) in [6.45, 7) is 1.35. The number of hydrogen-bond acceptors (Lipinski definition) is 4. The van der Waals surface area contributed by atoms with E-state index in [0.717, 1.165) is 24.9 Å². The molecule has 1 saturated heterocycles. The summed E-state index contributed by atoms with van der Waals surface area (Å²) in [4.78, 5) is 28.7. The van der Waals surface area contributed by atoms with Crippen LogP contribution < -0.4 is 16.0 Å². The zero-order chi connectivity index (χ0) is 17.5. The second-order valence-corrected chi connectivity index (χ2v) is 6.14. The smallest absolute Gasteiger partial charge is 0.253 e. The predicted octanol–water partition coefficient (Wildman–Crippen LogP) is 2.09. The normalized spacial score (nSPS) is 16.4. The van der Waals surface area contributed by atoms with Crippen LogP contribution in [0.1, 0.15) is 35.2 Å². The van der Waals surface area contributed by atoms with Crippen LogP contribution in [0.5, 0.6) is 0 Å². The second kappa shape index (κ2) is 8.39. The molecule has 1 aromatic heterocycles. The topological polar surface area (TPSA) is 83.1 Å². The Balaban J connectivity index is 1.61. The van der Waals surface area contributed by atoms with E-state index in [1.807, 2.05) is 12.1 Å². The Bertz CT molecular complexity index is 727. The minimum absolute atomic E-state index is 0.0769. The fourth-order valence-electron chi connectivity index (χ4n) is 2.93. The molecule has 0 aliphatic carbocycles. The van der Waals surface area contributed by atoms with E-state index in [9.17, 15) is 9.59 Å². The van der Waals surface area contributed by atoms with Crippen LogP contribution in [0.25, 0.3) is 0 Å². The van der Waals surface area contributed by atoms with Crippen LogP contribution in [0.4, 0.5) is 5.69 Å². The molecule has 0 radical (unpaired) electrons. The monoisotopic (exact) mass is 338 g/mol. The third-order valence-corrected chi connectivity index (χ3v) is 4.22. The Morgan fingerprint density at radius 1 is 1.20 bits per heavy atom. The maximum atomic E-state index is 12.5. The number of amides is 2. The molecule has 6 nitrogen and oxygen atoms in total. The summed E-state index contributed by atoms with van der Waals surface area (Å²) in [7, 11) is 0. The molecule has 1 aliphatic heterocycles. The molecule has 3 N–H and O–H groups in total. The van der Waals surface area contributed by atoms with Gasteiger partial charge in [0.05, 0.1) is 11.3 Å². The SMILES string of the molecule is O=C(CC1CCCN1)Nc1ccccc1C(=O)NCc1cccnc1. The van der Waals surface area contributed by atoms with Gasteiger partial charge in [-0.1, -0.05) is 18.2 Å². The van der Waals surface area contributed by atoms with Crippen molar-refractivity contribution in [3.8, 4) is 0 Å². The first kappa shape index (κ1) is 17.1. The van der Waals surface area contributed by atoms with Crippen molar-refractivity contribution in [2.45, 2.75) is 31.8 Å². The molecule has 1 unspecified atom stereocenters. The Kier molecular flexibility index (Phi) is 5.74. The lowest BCUT2D eigenvalue weighted by molar-refractivity contribution is -0.116. The number of benzene rings is 1. The van der Waals surface area contributed by atoms with Gasteiger partial charge in [0.1, 0.15) is 0 Å². The van der Waals surface area contributed by atoms with Crippen molar-refractivity contribution >= 4 is 17.5 Å². The highest BCUT2D eigenvalue weighted by Crippen LogP contribution is 2.17. The first-order chi connectivity index (χ1) is 12.2. The zero-order valence-corrected chi connectivity index (χ0v) is 14.0. The lowest BCUT2D eigenvalue weighted by atomic mass is 10.1. The van der Waals surface area contributed by atoms with Crippen LogP contribution >= 0.6 is 0 Å². The molecule has 3 rings (SSSR count). The van der Waals surface area contributed by atoms with Crippen LogP contribution in [0, 0.1) is 0 Å². The van der Waals surface area contributed by atoms with Gasteiger partial charge in [-0.05, 0) is 43.1 Å². The third-order valence-electron chi connectivity index (χ3n) is 4.22. The summed E-state index contributed by atoms with van der Waals surface area (Å²) in [5, 5.41) is 9.03. The van der Waals surface area contributed by atoms with Gasteiger partial charge in [-0.2, -0.15) is 0 Å². The van der Waals surface area contributed by atoms with Crippen molar-refractivity contribution in [1.29, 1.82) is 0 Å². The van der Waals surface area contributed by atoms with Crippen molar-refractivity contribution < 1.29 is 9.59 Å². The van der Waals surface area contributed by atoms with Gasteiger partial charge in [0.25, 0.3) is 5.91 Å². The fraction of sp³-hybridized carbons (Fsp3) is 0.316. The highest BCUT2D eigenvalue weighted by atomic mass is 16.2. The van der Waals surface area contributed by atoms with E-state index in [2.05, 4.69) is 20.9 Å². The average molecular weight is 338 g/mol. The van der Waals surface area contributed by atoms with Crippen LogP contribution in [-0.2, 0) is 11.3 Å². The second-order valence-electron chi connectivity index (χ2n) is 6.14. The van der Waals surface area contributed by atoms with Gasteiger partial charge in [0, 0.05) is 31.4 Å². The number of aromatic nitrogens is 1. The standard InChI is InChI=1S/C19H22N4O2/c24-18(11-15-6-4-10-21-15)23-17-8-2-1-7-16(17)19(25)22-13-14-5-3-9-20-12-14/h1-3,5,7-9,12,15,21H,4,6,10-11,13H2,(H,22,25)(H,23,24). The van der Waals surface area contributed by atoms with Gasteiger partial charge < -0.3 is 16.0 Å². The number of rotatable bonds is 6. The Morgan fingerprint density at radius 3 is 2.84 bits per heavy atom. The molecule has 0 spiro atoms. The molecule has 1 aliphatic rings. The molecule has 2 aromatic rings. The van der Waals surface area contributed by atoms with E-state index in [4.69, 9.17) is 0 Å². The number of nitrogens with zero attached hydrogens (tertiary/aromatic N) is 1. The first-order valence-electron chi connectivity index (χ1n) is 8.52. The number of pyridine rings is 1. The van der Waals surface area contributed by atoms with Crippen molar-refractivity contribution in [3.05, 3.63) is 59.9 Å². The Morgan fingerprint density at radius 2 is 2.08 bits per heavy atom. The van der Waals surface area contributed by atoms with Gasteiger partial charge in [0.2, 0.25) is 5.91 Å². The minimum atomic E-state index is -0.223. The van der Waals surface area contributed by atoms with Crippen molar-refractivity contribution in [3.63, 3.8) is 0 Å². The summed E-state index contributed by atoms with van der Waals surface area (Å²) >= 11 is 0. The molecule has 2 heterocycles. The quantitative estimate of drug-likeness (QED) is 0.753. The fourth-order valence-corrected chi connectivity index (χ4v) is 2.93. The van der Waals surface area contributed by atoms with E-state index in [0.29, 0.717) is 24.2 Å². The highest BCUT2D eigenvalue weighted by Gasteiger charge is 2.19. The van der Waals surface area contributed by atoms with Gasteiger partial charge in [-0.25, -0.2) is 0 Å². The van der Waals surface area contributed by atoms with Crippen molar-refractivity contribution in [1.82, 2.24) is 15.6 Å². The minimum Gasteiger partial charge on any atom is -0.348 e. The molecular formula is C19H22N4O2. The van der Waals surface area contributed by atoms with E-state index in [1.54, 1.807) is 36.7 Å². The lowest BCUT2D eigenvalue weighted by Gasteiger charge is -2.13. The molecule has 0 bridgehead atoms. The molecule has 1 fully saturated rings. The number of hydrogen-bond donors (Lipinski definition) is 3. The van der Waals surface area contributed by atoms with E-state index < -0.39 is 0 Å². The van der Waals surface area contributed by atoms with Crippen molar-refractivity contribution in [2.24, 2.45) is 0 Å². The van der Waals surface area contributed by atoms with E-state index >= 15 is 0 Å². The average Bonchev–Trinajstić information content (AvgIpc) is 3.14. The van der Waals surface area contributed by atoms with Gasteiger partial charge in [0.15, 0.2) is 0 Å². The summed E-state index contributed by atoms with van der Waals surface area (Å²) < 4.78 is 0. The summed E-state index contributed by atoms with van der Waals surface area (Å²) in [6.07, 6.45) is 5.94. The summed E-state index contributed by atoms with van der Waals surface area (Å²) in [6, 6.07) is 11.0. The number of carbonyl (C=O) groups excluding carboxylic acids is 2. The van der Waals surface area contributed by atoms with Crippen LogP contribution in [0.15, 0.2) is 48.8 Å². The molecule has 130 valence electrons. The number of para-hydroxylation sites is 1. The largest absolute Gasteiger partial charge is 0.348 e. The molecule has 6 heteroatoms. The van der Waals surface area contributed by atoms with Crippen molar-refractivity contribution in [2.75, 3.05) is 11.9 Å². The predicted molar refractivity (Wildman–Crippen MR) is 96.1 cm³/mol. The van der Waals surface area contributed by atoms with Gasteiger partial charge in [-0.3, -0.25) is 14.6 Å². The molecule has 2 amide bonds. The van der Waals surface area contributed by atoms with E-state index in [-0.39, 0.29) is 17.9 Å². The third kappa shape index (κ3) is 4.87. The molecule has 1 atom stereocenters. The number of anilines is 1. The Labute approximate surface area is 147 Å². The van der Waals surface area contributed by atoms with E-state index in [1.165, 1.54) is 0 Å². The molecule has 1 aromatic carbocycles. The van der Waals surface area contributed by atoms with Gasteiger partial charge >= 0.3 is 0 Å². The zero-order valence-electron chi connectivity index (χ0n) is 14.0. The highest BCUT2D eigenvalue weighted by molar-refractivity contribution is 6.03. The van der Waals surface area contributed by atoms with Crippen LogP contribution in [0.2, 0.25) is 0 Å².